The summed E-state index contributed by atoms with van der Waals surface area (Å²) < 4.78 is 72.0. The average molecular weight is 499 g/mol. The van der Waals surface area contributed by atoms with E-state index in [1.807, 2.05) is 29.6 Å². The van der Waals surface area contributed by atoms with Gasteiger partial charge in [0.05, 0.1) is 22.9 Å². The molecular weight excluding hydrogens is 477 g/mol. The van der Waals surface area contributed by atoms with Crippen molar-refractivity contribution in [1.29, 1.82) is 0 Å². The zero-order valence-electron chi connectivity index (χ0n) is 17.6. The quantitative estimate of drug-likeness (QED) is 0.468. The van der Waals surface area contributed by atoms with E-state index in [2.05, 4.69) is 9.64 Å². The zero-order chi connectivity index (χ0) is 23.6. The maximum Gasteiger partial charge on any atom is 0.573 e. The highest BCUT2D eigenvalue weighted by atomic mass is 32.2. The second-order valence-corrected chi connectivity index (χ2v) is 10.6. The molecule has 0 N–H and O–H groups in total. The molecule has 0 aliphatic carbocycles. The minimum Gasteiger partial charge on any atom is -0.497 e. The van der Waals surface area contributed by atoms with Crippen LogP contribution in [0.5, 0.6) is 11.5 Å². The average Bonchev–Trinajstić information content (AvgIpc) is 3.29. The van der Waals surface area contributed by atoms with E-state index in [4.69, 9.17) is 9.72 Å². The smallest absolute Gasteiger partial charge is 0.497 e. The number of methoxy groups -OCH3 is 1. The lowest BCUT2D eigenvalue weighted by Crippen LogP contribution is -2.39. The van der Waals surface area contributed by atoms with Crippen molar-refractivity contribution >= 4 is 26.3 Å². The van der Waals surface area contributed by atoms with E-state index in [1.54, 1.807) is 7.11 Å². The second-order valence-electron chi connectivity index (χ2n) is 7.50. The molecule has 1 fully saturated rings. The summed E-state index contributed by atoms with van der Waals surface area (Å²) in [6.07, 6.45) is -4.02. The van der Waals surface area contributed by atoms with Crippen molar-refractivity contribution in [3.05, 3.63) is 53.9 Å². The minimum atomic E-state index is -4.82. The molecule has 0 amide bonds. The van der Waals surface area contributed by atoms with E-state index in [9.17, 15) is 21.6 Å². The first kappa shape index (κ1) is 23.4. The monoisotopic (exact) mass is 498 g/mol. The summed E-state index contributed by atoms with van der Waals surface area (Å²) in [5, 5.41) is 2.16. The molecule has 0 spiro atoms. The van der Waals surface area contributed by atoms with Crippen LogP contribution in [0.1, 0.15) is 12.8 Å². The van der Waals surface area contributed by atoms with E-state index in [0.29, 0.717) is 25.9 Å². The van der Waals surface area contributed by atoms with Crippen molar-refractivity contribution in [2.24, 2.45) is 0 Å². The van der Waals surface area contributed by atoms with Crippen LogP contribution in [0.2, 0.25) is 0 Å². The molecule has 1 aliphatic rings. The molecule has 176 valence electrons. The fourth-order valence-corrected chi connectivity index (χ4v) is 6.33. The second kappa shape index (κ2) is 9.22. The van der Waals surface area contributed by atoms with Crippen molar-refractivity contribution in [2.45, 2.75) is 29.3 Å². The number of nitrogens with zero attached hydrogens (tertiary/aromatic N) is 2. The third kappa shape index (κ3) is 5.41. The Bertz CT molecular complexity index is 1200. The van der Waals surface area contributed by atoms with Crippen LogP contribution in [0.25, 0.3) is 11.3 Å². The normalized spacial score (nSPS) is 15.5. The minimum absolute atomic E-state index is 0.00923. The molecule has 1 aliphatic heterocycles. The van der Waals surface area contributed by atoms with Gasteiger partial charge in [0.15, 0.2) is 15.0 Å². The molecule has 4 rings (SSSR count). The van der Waals surface area contributed by atoms with Gasteiger partial charge in [-0.15, -0.1) is 24.5 Å². The first-order valence-electron chi connectivity index (χ1n) is 10.1. The van der Waals surface area contributed by atoms with Crippen molar-refractivity contribution in [3.8, 4) is 22.8 Å². The van der Waals surface area contributed by atoms with E-state index in [1.165, 1.54) is 11.3 Å². The molecule has 3 aromatic rings. The lowest BCUT2D eigenvalue weighted by atomic mass is 10.1. The molecule has 33 heavy (non-hydrogen) atoms. The largest absolute Gasteiger partial charge is 0.573 e. The lowest BCUT2D eigenvalue weighted by molar-refractivity contribution is -0.274. The highest BCUT2D eigenvalue weighted by Gasteiger charge is 2.33. The Morgan fingerprint density at radius 3 is 2.39 bits per heavy atom. The van der Waals surface area contributed by atoms with Crippen LogP contribution in [-0.4, -0.2) is 45.2 Å². The molecule has 1 aromatic heterocycles. The first-order chi connectivity index (χ1) is 15.7. The van der Waals surface area contributed by atoms with Crippen LogP contribution in [0.15, 0.2) is 58.8 Å². The fraction of sp³-hybridized carbons (Fsp3) is 0.318. The topological polar surface area (TPSA) is 68.7 Å². The Morgan fingerprint density at radius 1 is 1.06 bits per heavy atom. The Hall–Kier alpha value is -2.79. The Labute approximate surface area is 193 Å². The summed E-state index contributed by atoms with van der Waals surface area (Å²) in [6, 6.07) is 12.0. The summed E-state index contributed by atoms with van der Waals surface area (Å²) in [5.41, 5.74) is 1.76. The maximum absolute atomic E-state index is 13.0. The molecule has 2 heterocycles. The van der Waals surface area contributed by atoms with Gasteiger partial charge in [0, 0.05) is 24.0 Å². The number of alkyl halides is 3. The van der Waals surface area contributed by atoms with Crippen molar-refractivity contribution in [3.63, 3.8) is 0 Å². The number of sulfone groups is 1. The number of aromatic nitrogens is 1. The number of hydrogen-bond acceptors (Lipinski definition) is 7. The van der Waals surface area contributed by atoms with E-state index < -0.39 is 27.2 Å². The van der Waals surface area contributed by atoms with E-state index in [-0.39, 0.29) is 4.90 Å². The van der Waals surface area contributed by atoms with Crippen molar-refractivity contribution < 1.29 is 31.1 Å². The molecule has 0 radical (unpaired) electrons. The van der Waals surface area contributed by atoms with Crippen LogP contribution >= 0.6 is 11.3 Å². The van der Waals surface area contributed by atoms with Gasteiger partial charge >= 0.3 is 6.36 Å². The van der Waals surface area contributed by atoms with Crippen LogP contribution in [-0.2, 0) is 9.84 Å². The van der Waals surface area contributed by atoms with Gasteiger partial charge in [0.2, 0.25) is 0 Å². The van der Waals surface area contributed by atoms with Crippen molar-refractivity contribution in [1.82, 2.24) is 4.98 Å². The molecule has 11 heteroatoms. The maximum atomic E-state index is 13.0. The Balaban J connectivity index is 1.41. The molecule has 0 atom stereocenters. The predicted octanol–water partition coefficient (Wildman–Crippen LogP) is 5.16. The highest BCUT2D eigenvalue weighted by molar-refractivity contribution is 7.92. The van der Waals surface area contributed by atoms with Gasteiger partial charge in [-0.3, -0.25) is 0 Å². The molecule has 0 unspecified atom stereocenters. The number of piperidine rings is 1. The number of anilines is 1. The van der Waals surface area contributed by atoms with E-state index >= 15 is 0 Å². The highest BCUT2D eigenvalue weighted by Crippen LogP contribution is 2.33. The number of benzene rings is 2. The molecule has 0 saturated carbocycles. The van der Waals surface area contributed by atoms with Gasteiger partial charge in [0.1, 0.15) is 11.5 Å². The molecule has 1 saturated heterocycles. The van der Waals surface area contributed by atoms with Gasteiger partial charge < -0.3 is 14.4 Å². The summed E-state index contributed by atoms with van der Waals surface area (Å²) >= 11 is 1.49. The SMILES string of the molecule is COc1cccc(-c2csc(N3CCC(S(=O)(=O)c4ccc(OC(F)(F)F)cc4)CC3)n2)c1. The predicted molar refractivity (Wildman–Crippen MR) is 120 cm³/mol. The zero-order valence-corrected chi connectivity index (χ0v) is 19.2. The summed E-state index contributed by atoms with van der Waals surface area (Å²) in [7, 11) is -2.06. The Morgan fingerprint density at radius 2 is 1.76 bits per heavy atom. The summed E-state index contributed by atoms with van der Waals surface area (Å²) in [4.78, 5) is 6.74. The van der Waals surface area contributed by atoms with Crippen LogP contribution in [0.3, 0.4) is 0 Å². The molecule has 0 bridgehead atoms. The van der Waals surface area contributed by atoms with Gasteiger partial charge in [-0.25, -0.2) is 13.4 Å². The lowest BCUT2D eigenvalue weighted by Gasteiger charge is -2.31. The summed E-state index contributed by atoms with van der Waals surface area (Å²) in [5.74, 6) is 0.290. The molecule has 2 aromatic carbocycles. The number of ether oxygens (including phenoxy) is 2. The number of hydrogen-bond donors (Lipinski definition) is 0. The molecule has 6 nitrogen and oxygen atoms in total. The third-order valence-electron chi connectivity index (χ3n) is 5.39. The van der Waals surface area contributed by atoms with Crippen LogP contribution < -0.4 is 14.4 Å². The standard InChI is InChI=1S/C22H21F3N2O4S2/c1-30-17-4-2-3-15(13-17)20-14-32-21(26-20)27-11-9-19(10-12-27)33(28,29)18-7-5-16(6-8-18)31-22(23,24)25/h2-8,13-14,19H,9-12H2,1H3. The van der Waals surface area contributed by atoms with Gasteiger partial charge in [0.25, 0.3) is 0 Å². The number of thiazole rings is 1. The third-order valence-corrected chi connectivity index (χ3v) is 8.57. The molecular formula is C22H21F3N2O4S2. The first-order valence-corrected chi connectivity index (χ1v) is 12.5. The summed E-state index contributed by atoms with van der Waals surface area (Å²) in [6.45, 7) is 1.04. The van der Waals surface area contributed by atoms with Gasteiger partial charge in [-0.1, -0.05) is 12.1 Å². The fourth-order valence-electron chi connectivity index (χ4n) is 3.71. The number of halogens is 3. The van der Waals surface area contributed by atoms with Crippen LogP contribution in [0.4, 0.5) is 18.3 Å². The van der Waals surface area contributed by atoms with Gasteiger partial charge in [-0.2, -0.15) is 0 Å². The van der Waals surface area contributed by atoms with Crippen molar-refractivity contribution in [2.75, 3.05) is 25.1 Å². The van der Waals surface area contributed by atoms with Crippen LogP contribution in [0, 0.1) is 0 Å². The number of rotatable bonds is 6. The van der Waals surface area contributed by atoms with E-state index in [0.717, 1.165) is 46.4 Å². The Kier molecular flexibility index (Phi) is 6.53. The van der Waals surface area contributed by atoms with Gasteiger partial charge in [-0.05, 0) is 49.2 Å².